The summed E-state index contributed by atoms with van der Waals surface area (Å²) in [6.45, 7) is 8.77. The lowest BCUT2D eigenvalue weighted by Gasteiger charge is -2.36. The normalized spacial score (nSPS) is 17.0. The SMILES string of the molecule is CC(C)C[C@H](c1cc(Cl)ccc1N)N1CCNCC1.Cl.Cl. The monoisotopic (exact) mass is 353 g/mol. The summed E-state index contributed by atoms with van der Waals surface area (Å²) < 4.78 is 0. The molecule has 1 aromatic rings. The average Bonchev–Trinajstić information content (AvgIpc) is 2.40. The van der Waals surface area contributed by atoms with Crippen LogP contribution in [0, 0.1) is 5.92 Å². The highest BCUT2D eigenvalue weighted by Gasteiger charge is 2.24. The topological polar surface area (TPSA) is 41.3 Å². The summed E-state index contributed by atoms with van der Waals surface area (Å²) >= 11 is 6.15. The van der Waals surface area contributed by atoms with Crippen molar-refractivity contribution in [1.29, 1.82) is 0 Å². The molecule has 0 radical (unpaired) electrons. The fraction of sp³-hybridized carbons (Fsp3) is 0.600. The van der Waals surface area contributed by atoms with Crippen molar-refractivity contribution >= 4 is 42.1 Å². The van der Waals surface area contributed by atoms with Crippen LogP contribution in [0.3, 0.4) is 0 Å². The third-order valence-electron chi connectivity index (χ3n) is 3.69. The van der Waals surface area contributed by atoms with Gasteiger partial charge in [-0.3, -0.25) is 4.90 Å². The van der Waals surface area contributed by atoms with Gasteiger partial charge in [-0.05, 0) is 36.1 Å². The average molecular weight is 355 g/mol. The van der Waals surface area contributed by atoms with Crippen molar-refractivity contribution in [1.82, 2.24) is 10.2 Å². The first kappa shape index (κ1) is 20.8. The molecule has 1 heterocycles. The fourth-order valence-electron chi connectivity index (χ4n) is 2.75. The predicted octanol–water partition coefficient (Wildman–Crippen LogP) is 3.76. The van der Waals surface area contributed by atoms with Crippen LogP contribution in [0.5, 0.6) is 0 Å². The second-order valence-corrected chi connectivity index (χ2v) is 6.14. The van der Waals surface area contributed by atoms with E-state index in [1.54, 1.807) is 0 Å². The van der Waals surface area contributed by atoms with Gasteiger partial charge in [0.25, 0.3) is 0 Å². The van der Waals surface area contributed by atoms with Crippen molar-refractivity contribution in [3.05, 3.63) is 28.8 Å². The third-order valence-corrected chi connectivity index (χ3v) is 3.93. The van der Waals surface area contributed by atoms with Gasteiger partial charge in [0.2, 0.25) is 0 Å². The van der Waals surface area contributed by atoms with Gasteiger partial charge >= 0.3 is 0 Å². The van der Waals surface area contributed by atoms with Crippen LogP contribution in [0.25, 0.3) is 0 Å². The summed E-state index contributed by atoms with van der Waals surface area (Å²) in [5.74, 6) is 0.637. The molecule has 0 unspecified atom stereocenters. The smallest absolute Gasteiger partial charge is 0.0410 e. The number of nitrogens with two attached hydrogens (primary N) is 1. The zero-order chi connectivity index (χ0) is 13.8. The minimum absolute atomic E-state index is 0. The van der Waals surface area contributed by atoms with Crippen LogP contribution in [0.1, 0.15) is 31.9 Å². The van der Waals surface area contributed by atoms with E-state index in [4.69, 9.17) is 17.3 Å². The van der Waals surface area contributed by atoms with Crippen molar-refractivity contribution in [3.8, 4) is 0 Å². The quantitative estimate of drug-likeness (QED) is 0.809. The van der Waals surface area contributed by atoms with Gasteiger partial charge in [0.15, 0.2) is 0 Å². The number of halogens is 3. The molecule has 6 heteroatoms. The summed E-state index contributed by atoms with van der Waals surface area (Å²) in [4.78, 5) is 2.53. The molecule has 3 nitrogen and oxygen atoms in total. The molecule has 1 atom stereocenters. The molecule has 0 bridgehead atoms. The molecule has 0 amide bonds. The minimum atomic E-state index is 0. The number of anilines is 1. The Kier molecular flexibility index (Phi) is 9.66. The number of hydrogen-bond donors (Lipinski definition) is 2. The van der Waals surface area contributed by atoms with Gasteiger partial charge in [0.05, 0.1) is 0 Å². The lowest BCUT2D eigenvalue weighted by Crippen LogP contribution is -2.45. The van der Waals surface area contributed by atoms with Gasteiger partial charge in [-0.2, -0.15) is 0 Å². The van der Waals surface area contributed by atoms with E-state index in [9.17, 15) is 0 Å². The Labute approximate surface area is 145 Å². The van der Waals surface area contributed by atoms with E-state index < -0.39 is 0 Å². The van der Waals surface area contributed by atoms with Crippen LogP contribution < -0.4 is 11.1 Å². The molecular formula is C15H26Cl3N3. The number of nitrogen functional groups attached to an aromatic ring is 1. The molecule has 0 aromatic heterocycles. The molecule has 0 saturated carbocycles. The molecule has 0 spiro atoms. The fourth-order valence-corrected chi connectivity index (χ4v) is 2.93. The van der Waals surface area contributed by atoms with Crippen LogP contribution in [0.2, 0.25) is 5.02 Å². The van der Waals surface area contributed by atoms with Crippen molar-refractivity contribution in [2.24, 2.45) is 5.92 Å². The Balaban J connectivity index is 0.00000200. The Morgan fingerprint density at radius 1 is 1.24 bits per heavy atom. The molecular weight excluding hydrogens is 329 g/mol. The first-order chi connectivity index (χ1) is 9.08. The second kappa shape index (κ2) is 9.75. The highest BCUT2D eigenvalue weighted by molar-refractivity contribution is 6.30. The summed E-state index contributed by atoms with van der Waals surface area (Å²) in [5, 5.41) is 4.17. The van der Waals surface area contributed by atoms with Crippen LogP contribution >= 0.6 is 36.4 Å². The number of benzene rings is 1. The highest BCUT2D eigenvalue weighted by atomic mass is 35.5. The van der Waals surface area contributed by atoms with Crippen molar-refractivity contribution in [2.75, 3.05) is 31.9 Å². The van der Waals surface area contributed by atoms with Crippen LogP contribution in [0.15, 0.2) is 18.2 Å². The predicted molar refractivity (Wildman–Crippen MR) is 97.0 cm³/mol. The molecule has 1 saturated heterocycles. The largest absolute Gasteiger partial charge is 0.398 e. The molecule has 1 fully saturated rings. The molecule has 1 aliphatic rings. The van der Waals surface area contributed by atoms with Crippen molar-refractivity contribution in [3.63, 3.8) is 0 Å². The van der Waals surface area contributed by atoms with Crippen LogP contribution in [-0.2, 0) is 0 Å². The van der Waals surface area contributed by atoms with Gasteiger partial charge in [0.1, 0.15) is 0 Å². The summed E-state index contributed by atoms with van der Waals surface area (Å²) in [6, 6.07) is 6.20. The molecule has 122 valence electrons. The third kappa shape index (κ3) is 5.84. The first-order valence-corrected chi connectivity index (χ1v) is 7.45. The van der Waals surface area contributed by atoms with Gasteiger partial charge in [-0.1, -0.05) is 25.4 Å². The van der Waals surface area contributed by atoms with Crippen LogP contribution in [0.4, 0.5) is 5.69 Å². The second-order valence-electron chi connectivity index (χ2n) is 5.70. The van der Waals surface area contributed by atoms with E-state index in [1.807, 2.05) is 18.2 Å². The minimum Gasteiger partial charge on any atom is -0.398 e. The maximum absolute atomic E-state index is 6.17. The Morgan fingerprint density at radius 3 is 2.43 bits per heavy atom. The van der Waals surface area contributed by atoms with Gasteiger partial charge in [-0.25, -0.2) is 0 Å². The number of nitrogens with zero attached hydrogens (tertiary/aromatic N) is 1. The molecule has 3 N–H and O–H groups in total. The van der Waals surface area contributed by atoms with E-state index in [-0.39, 0.29) is 24.8 Å². The Bertz CT molecular complexity index is 421. The zero-order valence-electron chi connectivity index (χ0n) is 12.6. The van der Waals surface area contributed by atoms with Gasteiger partial charge in [0, 0.05) is 42.9 Å². The number of nitrogens with one attached hydrogen (secondary N) is 1. The maximum Gasteiger partial charge on any atom is 0.0410 e. The molecule has 21 heavy (non-hydrogen) atoms. The maximum atomic E-state index is 6.17. The van der Waals surface area contributed by atoms with Gasteiger partial charge < -0.3 is 11.1 Å². The van der Waals surface area contributed by atoms with Gasteiger partial charge in [-0.15, -0.1) is 24.8 Å². The molecule has 1 aromatic carbocycles. The van der Waals surface area contributed by atoms with Crippen LogP contribution in [-0.4, -0.2) is 31.1 Å². The number of hydrogen-bond acceptors (Lipinski definition) is 3. The zero-order valence-corrected chi connectivity index (χ0v) is 15.0. The number of piperazine rings is 1. The van der Waals surface area contributed by atoms with E-state index in [0.717, 1.165) is 43.3 Å². The standard InChI is InChI=1S/C15H24ClN3.2ClH/c1-11(2)9-15(19-7-5-18-6-8-19)13-10-12(16)3-4-14(13)17;;/h3-4,10-11,15,18H,5-9,17H2,1-2H3;2*1H/t15-;;/m1../s1. The molecule has 1 aliphatic heterocycles. The van der Waals surface area contributed by atoms with Crippen molar-refractivity contribution in [2.45, 2.75) is 26.3 Å². The number of rotatable bonds is 4. The first-order valence-electron chi connectivity index (χ1n) is 7.07. The molecule has 2 rings (SSSR count). The van der Waals surface area contributed by atoms with E-state index in [2.05, 4.69) is 24.1 Å². The Morgan fingerprint density at radius 2 is 1.86 bits per heavy atom. The van der Waals surface area contributed by atoms with Crippen molar-refractivity contribution < 1.29 is 0 Å². The lowest BCUT2D eigenvalue weighted by molar-refractivity contribution is 0.154. The lowest BCUT2D eigenvalue weighted by atomic mass is 9.94. The molecule has 0 aliphatic carbocycles. The van der Waals surface area contributed by atoms with E-state index >= 15 is 0 Å². The summed E-state index contributed by atoms with van der Waals surface area (Å²) in [7, 11) is 0. The summed E-state index contributed by atoms with van der Waals surface area (Å²) in [5.41, 5.74) is 8.21. The van der Waals surface area contributed by atoms with E-state index in [1.165, 1.54) is 5.56 Å². The Hall–Kier alpha value is -0.190. The summed E-state index contributed by atoms with van der Waals surface area (Å²) in [6.07, 6.45) is 1.12. The van der Waals surface area contributed by atoms with E-state index in [0.29, 0.717) is 12.0 Å². The highest BCUT2D eigenvalue weighted by Crippen LogP contribution is 2.33.